The fourth-order valence-electron chi connectivity index (χ4n) is 0. The van der Waals surface area contributed by atoms with Crippen LogP contribution in [0.4, 0.5) is 0 Å². The highest BCUT2D eigenvalue weighted by molar-refractivity contribution is 8.93. The minimum Gasteiger partial charge on any atom is -0.397 e. The normalized spacial score (nSPS) is 5.14. The molecule has 0 bridgehead atoms. The summed E-state index contributed by atoms with van der Waals surface area (Å²) >= 11 is 0. The van der Waals surface area contributed by atoms with Crippen LogP contribution in [-0.2, 0) is 0 Å². The third-order valence-corrected chi connectivity index (χ3v) is 0. The van der Waals surface area contributed by atoms with Crippen LogP contribution in [-0.4, -0.2) is 23.4 Å². The van der Waals surface area contributed by atoms with E-state index in [1.54, 1.807) is 13.8 Å². The van der Waals surface area contributed by atoms with Gasteiger partial charge in [0.15, 0.2) is 0 Å². The summed E-state index contributed by atoms with van der Waals surface area (Å²) in [5.74, 6) is 0. The van der Waals surface area contributed by atoms with Gasteiger partial charge in [-0.15, -0.1) is 17.0 Å². The Morgan fingerprint density at radius 3 is 1.00 bits per heavy atom. The van der Waals surface area contributed by atoms with Gasteiger partial charge >= 0.3 is 0 Å². The predicted octanol–water partition coefficient (Wildman–Crippen LogP) is 0.575. The highest BCUT2D eigenvalue weighted by atomic mass is 79.9. The lowest BCUT2D eigenvalue weighted by Crippen LogP contribution is -1.57. The predicted molar refractivity (Wildman–Crippen MR) is 35.8 cm³/mol. The molecule has 0 aromatic rings. The molecule has 0 unspecified atom stereocenters. The highest BCUT2D eigenvalue weighted by Gasteiger charge is 1.34. The van der Waals surface area contributed by atoms with E-state index in [1.807, 2.05) is 0 Å². The number of hydrogen-bond acceptors (Lipinski definition) is 2. The molecule has 0 aliphatic rings. The molecule has 2 N–H and O–H groups in total. The molecule has 0 atom stereocenters. The smallest absolute Gasteiger partial charge is 0.0402 e. The van der Waals surface area contributed by atoms with E-state index in [9.17, 15) is 0 Å². The SMILES string of the molecule is Br.CCO.CCO. The molecule has 0 aromatic heterocycles. The first-order valence-corrected chi connectivity index (χ1v) is 2.05. The largest absolute Gasteiger partial charge is 0.397 e. The van der Waals surface area contributed by atoms with Crippen molar-refractivity contribution >= 4 is 17.0 Å². The first-order valence-electron chi connectivity index (χ1n) is 2.05. The summed E-state index contributed by atoms with van der Waals surface area (Å²) in [7, 11) is 0. The Bertz CT molecular complexity index is 11.7. The van der Waals surface area contributed by atoms with E-state index in [1.165, 1.54) is 0 Å². The summed E-state index contributed by atoms with van der Waals surface area (Å²) < 4.78 is 0. The summed E-state index contributed by atoms with van der Waals surface area (Å²) in [5, 5.41) is 15.1. The summed E-state index contributed by atoms with van der Waals surface area (Å²) in [4.78, 5) is 0. The average molecular weight is 173 g/mol. The molecule has 2 nitrogen and oxygen atoms in total. The fourth-order valence-corrected chi connectivity index (χ4v) is 0. The standard InChI is InChI=1S/2C2H6O.BrH/c2*1-2-3;/h2*3H,2H2,1H3;1H. The van der Waals surface area contributed by atoms with Crippen molar-refractivity contribution in [3.05, 3.63) is 0 Å². The maximum absolute atomic E-state index is 7.57. The molecule has 0 aliphatic heterocycles. The second-order valence-electron chi connectivity index (χ2n) is 0.632. The lowest BCUT2D eigenvalue weighted by molar-refractivity contribution is 0.318. The van der Waals surface area contributed by atoms with Crippen molar-refractivity contribution in [1.82, 2.24) is 0 Å². The monoisotopic (exact) mass is 172 g/mol. The molecule has 3 heteroatoms. The number of hydrogen-bond donors (Lipinski definition) is 2. The third-order valence-electron chi connectivity index (χ3n) is 0. The Morgan fingerprint density at radius 2 is 1.00 bits per heavy atom. The Balaban J connectivity index is -0.0000000400. The van der Waals surface area contributed by atoms with Crippen LogP contribution in [0.25, 0.3) is 0 Å². The molecule has 0 saturated carbocycles. The lowest BCUT2D eigenvalue weighted by Gasteiger charge is -1.52. The van der Waals surface area contributed by atoms with Gasteiger partial charge in [0.2, 0.25) is 0 Å². The van der Waals surface area contributed by atoms with Gasteiger partial charge in [0, 0.05) is 13.2 Å². The van der Waals surface area contributed by atoms with Crippen LogP contribution in [0.15, 0.2) is 0 Å². The first-order chi connectivity index (χ1) is 2.83. The minimum atomic E-state index is 0. The fraction of sp³-hybridized carbons (Fsp3) is 1.00. The third kappa shape index (κ3) is 774. The molecule has 0 amide bonds. The van der Waals surface area contributed by atoms with Crippen LogP contribution < -0.4 is 0 Å². The number of aliphatic hydroxyl groups is 2. The molecule has 0 fully saturated rings. The zero-order valence-electron chi connectivity index (χ0n) is 4.72. The molecule has 0 rings (SSSR count). The van der Waals surface area contributed by atoms with Gasteiger partial charge in [0.1, 0.15) is 0 Å². The van der Waals surface area contributed by atoms with Crippen LogP contribution in [0.3, 0.4) is 0 Å². The summed E-state index contributed by atoms with van der Waals surface area (Å²) in [6.07, 6.45) is 0. The van der Waals surface area contributed by atoms with E-state index in [2.05, 4.69) is 0 Å². The van der Waals surface area contributed by atoms with Gasteiger partial charge in [-0.25, -0.2) is 0 Å². The van der Waals surface area contributed by atoms with Gasteiger partial charge in [-0.1, -0.05) is 0 Å². The Labute approximate surface area is 54.9 Å². The molecule has 0 radical (unpaired) electrons. The molecule has 0 spiro atoms. The first kappa shape index (κ1) is 15.7. The van der Waals surface area contributed by atoms with Gasteiger partial charge in [-0.2, -0.15) is 0 Å². The molecule has 0 saturated heterocycles. The Hall–Kier alpha value is 0.400. The van der Waals surface area contributed by atoms with Crippen molar-refractivity contribution in [2.75, 3.05) is 13.2 Å². The van der Waals surface area contributed by atoms with E-state index < -0.39 is 0 Å². The zero-order valence-corrected chi connectivity index (χ0v) is 6.43. The maximum atomic E-state index is 7.57. The zero-order chi connectivity index (χ0) is 5.41. The maximum Gasteiger partial charge on any atom is 0.0402 e. The van der Waals surface area contributed by atoms with Crippen molar-refractivity contribution in [1.29, 1.82) is 0 Å². The van der Waals surface area contributed by atoms with Crippen LogP contribution in [0, 0.1) is 0 Å². The van der Waals surface area contributed by atoms with Gasteiger partial charge in [0.25, 0.3) is 0 Å². The van der Waals surface area contributed by atoms with E-state index >= 15 is 0 Å². The molecular weight excluding hydrogens is 160 g/mol. The minimum absolute atomic E-state index is 0. The van der Waals surface area contributed by atoms with Crippen molar-refractivity contribution in [2.24, 2.45) is 0 Å². The van der Waals surface area contributed by atoms with Crippen molar-refractivity contribution in [3.8, 4) is 0 Å². The average Bonchev–Trinajstić information content (AvgIpc) is 1.39. The van der Waals surface area contributed by atoms with Crippen LogP contribution in [0.2, 0.25) is 0 Å². The van der Waals surface area contributed by atoms with E-state index in [4.69, 9.17) is 10.2 Å². The summed E-state index contributed by atoms with van der Waals surface area (Å²) in [6, 6.07) is 0. The van der Waals surface area contributed by atoms with Gasteiger partial charge in [-0.3, -0.25) is 0 Å². The topological polar surface area (TPSA) is 40.5 Å². The van der Waals surface area contributed by atoms with E-state index in [-0.39, 0.29) is 30.2 Å². The number of halogens is 1. The van der Waals surface area contributed by atoms with Gasteiger partial charge in [-0.05, 0) is 13.8 Å². The van der Waals surface area contributed by atoms with Crippen LogP contribution in [0.1, 0.15) is 13.8 Å². The second-order valence-corrected chi connectivity index (χ2v) is 0.632. The van der Waals surface area contributed by atoms with Crippen molar-refractivity contribution in [2.45, 2.75) is 13.8 Å². The molecule has 48 valence electrons. The summed E-state index contributed by atoms with van der Waals surface area (Å²) in [6.45, 7) is 3.86. The Kier molecular flexibility index (Phi) is 72.5. The number of aliphatic hydroxyl groups excluding tert-OH is 2. The summed E-state index contributed by atoms with van der Waals surface area (Å²) in [5.41, 5.74) is 0. The lowest BCUT2D eigenvalue weighted by atomic mass is 10.9. The number of rotatable bonds is 0. The van der Waals surface area contributed by atoms with Crippen LogP contribution in [0.5, 0.6) is 0 Å². The van der Waals surface area contributed by atoms with E-state index in [0.29, 0.717) is 0 Å². The van der Waals surface area contributed by atoms with Crippen LogP contribution >= 0.6 is 17.0 Å². The quantitative estimate of drug-likeness (QED) is 0.562. The van der Waals surface area contributed by atoms with Gasteiger partial charge in [0.05, 0.1) is 0 Å². The molecule has 7 heavy (non-hydrogen) atoms. The molecule has 0 heterocycles. The Morgan fingerprint density at radius 1 is 1.00 bits per heavy atom. The van der Waals surface area contributed by atoms with Crippen molar-refractivity contribution < 1.29 is 10.2 Å². The molecule has 0 aliphatic carbocycles. The highest BCUT2D eigenvalue weighted by Crippen LogP contribution is 1.30. The molecule has 0 aromatic carbocycles. The van der Waals surface area contributed by atoms with Gasteiger partial charge < -0.3 is 10.2 Å². The second kappa shape index (κ2) is 32.4. The molecular formula is C4H13BrO2. The van der Waals surface area contributed by atoms with Crippen molar-refractivity contribution in [3.63, 3.8) is 0 Å². The van der Waals surface area contributed by atoms with E-state index in [0.717, 1.165) is 0 Å².